The number of benzene rings is 1. The minimum absolute atomic E-state index is 0.223. The Hall–Kier alpha value is -1.27. The summed E-state index contributed by atoms with van der Waals surface area (Å²) < 4.78 is 15.7. The molecule has 0 amide bonds. The van der Waals surface area contributed by atoms with E-state index in [4.69, 9.17) is 5.11 Å². The highest BCUT2D eigenvalue weighted by atomic mass is 79.9. The molecule has 0 fully saturated rings. The Labute approximate surface area is 99.9 Å². The Kier molecular flexibility index (Phi) is 3.02. The number of aliphatic hydroxyl groups excluding tert-OH is 1. The maximum absolute atomic E-state index is 13.8. The number of aromatic nitrogens is 3. The van der Waals surface area contributed by atoms with Crippen molar-refractivity contribution >= 4 is 15.9 Å². The van der Waals surface area contributed by atoms with E-state index in [2.05, 4.69) is 26.1 Å². The number of hydrogen-bond donors (Lipinski definition) is 1. The molecule has 0 aliphatic heterocycles. The first kappa shape index (κ1) is 11.2. The third-order valence-corrected chi connectivity index (χ3v) is 2.91. The van der Waals surface area contributed by atoms with Crippen LogP contribution in [-0.4, -0.2) is 19.9 Å². The fourth-order valence-corrected chi connectivity index (χ4v) is 1.78. The Morgan fingerprint density at radius 2 is 2.19 bits per heavy atom. The van der Waals surface area contributed by atoms with Crippen LogP contribution in [0.1, 0.15) is 5.82 Å². The van der Waals surface area contributed by atoms with E-state index < -0.39 is 0 Å². The predicted octanol–water partition coefficient (Wildman–Crippen LogP) is 1.88. The van der Waals surface area contributed by atoms with Gasteiger partial charge in [-0.1, -0.05) is 6.07 Å². The zero-order chi connectivity index (χ0) is 11.7. The number of nitrogens with zero attached hydrogens (tertiary/aromatic N) is 3. The lowest BCUT2D eigenvalue weighted by molar-refractivity contribution is 0.267. The second-order valence-electron chi connectivity index (χ2n) is 3.26. The molecule has 0 bridgehead atoms. The maximum Gasteiger partial charge on any atom is 0.166 e. The largest absolute Gasteiger partial charge is 0.388 e. The number of aliphatic hydroxyl groups is 1. The summed E-state index contributed by atoms with van der Waals surface area (Å²) in [7, 11) is 1.68. The van der Waals surface area contributed by atoms with Crippen LogP contribution in [0.25, 0.3) is 11.4 Å². The fraction of sp³-hybridized carbons (Fsp3) is 0.200. The van der Waals surface area contributed by atoms with Gasteiger partial charge in [-0.15, -0.1) is 10.2 Å². The average Bonchev–Trinajstić information content (AvgIpc) is 2.64. The molecule has 6 heteroatoms. The second kappa shape index (κ2) is 4.31. The molecule has 0 spiro atoms. The van der Waals surface area contributed by atoms with Crippen molar-refractivity contribution in [2.75, 3.05) is 0 Å². The monoisotopic (exact) mass is 285 g/mol. The zero-order valence-corrected chi connectivity index (χ0v) is 10.1. The molecular weight excluding hydrogens is 277 g/mol. The smallest absolute Gasteiger partial charge is 0.166 e. The lowest BCUT2D eigenvalue weighted by Crippen LogP contribution is -2.00. The molecule has 0 unspecified atom stereocenters. The molecule has 0 aliphatic carbocycles. The topological polar surface area (TPSA) is 50.9 Å². The van der Waals surface area contributed by atoms with Crippen LogP contribution in [0.3, 0.4) is 0 Å². The lowest BCUT2D eigenvalue weighted by Gasteiger charge is -2.04. The van der Waals surface area contributed by atoms with E-state index in [1.165, 1.54) is 0 Å². The van der Waals surface area contributed by atoms with Gasteiger partial charge in [-0.3, -0.25) is 0 Å². The first-order chi connectivity index (χ1) is 7.65. The van der Waals surface area contributed by atoms with Crippen LogP contribution in [0.5, 0.6) is 0 Å². The second-order valence-corrected chi connectivity index (χ2v) is 4.11. The van der Waals surface area contributed by atoms with E-state index in [0.29, 0.717) is 21.7 Å². The van der Waals surface area contributed by atoms with Gasteiger partial charge in [-0.2, -0.15) is 0 Å². The number of hydrogen-bond acceptors (Lipinski definition) is 3. The molecule has 1 N–H and O–H groups in total. The van der Waals surface area contributed by atoms with Gasteiger partial charge in [0.05, 0.1) is 10.0 Å². The van der Waals surface area contributed by atoms with Crippen LogP contribution in [0, 0.1) is 5.82 Å². The van der Waals surface area contributed by atoms with Crippen molar-refractivity contribution in [2.45, 2.75) is 6.61 Å². The van der Waals surface area contributed by atoms with Crippen molar-refractivity contribution in [3.63, 3.8) is 0 Å². The van der Waals surface area contributed by atoms with Crippen molar-refractivity contribution in [2.24, 2.45) is 7.05 Å². The summed E-state index contributed by atoms with van der Waals surface area (Å²) in [4.78, 5) is 0. The van der Waals surface area contributed by atoms with Crippen LogP contribution in [0.15, 0.2) is 22.7 Å². The van der Waals surface area contributed by atoms with Gasteiger partial charge in [0.2, 0.25) is 0 Å². The summed E-state index contributed by atoms with van der Waals surface area (Å²) in [5.74, 6) is 0.403. The Bertz CT molecular complexity index is 527. The van der Waals surface area contributed by atoms with Crippen LogP contribution in [0.2, 0.25) is 0 Å². The van der Waals surface area contributed by atoms with Crippen molar-refractivity contribution in [1.29, 1.82) is 0 Å². The van der Waals surface area contributed by atoms with E-state index in [0.717, 1.165) is 0 Å². The Morgan fingerprint density at radius 3 is 2.81 bits per heavy atom. The highest BCUT2D eigenvalue weighted by molar-refractivity contribution is 9.10. The maximum atomic E-state index is 13.8. The van der Waals surface area contributed by atoms with Gasteiger partial charge >= 0.3 is 0 Å². The molecule has 0 saturated carbocycles. The Balaban J connectivity index is 2.59. The van der Waals surface area contributed by atoms with Crippen molar-refractivity contribution in [3.8, 4) is 11.4 Å². The first-order valence-electron chi connectivity index (χ1n) is 4.58. The predicted molar refractivity (Wildman–Crippen MR) is 60.0 cm³/mol. The van der Waals surface area contributed by atoms with Gasteiger partial charge in [0.1, 0.15) is 12.4 Å². The number of halogens is 2. The lowest BCUT2D eigenvalue weighted by atomic mass is 10.2. The molecular formula is C10H9BrFN3O. The zero-order valence-electron chi connectivity index (χ0n) is 8.48. The summed E-state index contributed by atoms with van der Waals surface area (Å²) in [6.45, 7) is -0.223. The third kappa shape index (κ3) is 1.74. The highest BCUT2D eigenvalue weighted by Gasteiger charge is 2.15. The molecule has 0 aliphatic rings. The molecule has 1 aromatic heterocycles. The van der Waals surface area contributed by atoms with Gasteiger partial charge in [-0.25, -0.2) is 4.39 Å². The van der Waals surface area contributed by atoms with Gasteiger partial charge in [-0.05, 0) is 28.1 Å². The van der Waals surface area contributed by atoms with Gasteiger partial charge < -0.3 is 9.67 Å². The van der Waals surface area contributed by atoms with Crippen LogP contribution in [0.4, 0.5) is 4.39 Å². The summed E-state index contributed by atoms with van der Waals surface area (Å²) in [5, 5.41) is 16.6. The highest BCUT2D eigenvalue weighted by Crippen LogP contribution is 2.26. The average molecular weight is 286 g/mol. The molecule has 0 saturated heterocycles. The van der Waals surface area contributed by atoms with E-state index in [9.17, 15) is 4.39 Å². The van der Waals surface area contributed by atoms with Crippen molar-refractivity contribution in [1.82, 2.24) is 14.8 Å². The SMILES string of the molecule is Cn1c(CO)nnc1-c1cccc(Br)c1F. The normalized spacial score (nSPS) is 10.8. The summed E-state index contributed by atoms with van der Waals surface area (Å²) >= 11 is 3.11. The van der Waals surface area contributed by atoms with E-state index in [1.807, 2.05) is 0 Å². The van der Waals surface area contributed by atoms with Crippen molar-refractivity contribution in [3.05, 3.63) is 34.3 Å². The summed E-state index contributed by atoms with van der Waals surface area (Å²) in [5.41, 5.74) is 0.351. The molecule has 2 rings (SSSR count). The molecule has 1 heterocycles. The summed E-state index contributed by atoms with van der Waals surface area (Å²) in [6.07, 6.45) is 0. The molecule has 0 radical (unpaired) electrons. The van der Waals surface area contributed by atoms with Crippen LogP contribution < -0.4 is 0 Å². The number of rotatable bonds is 2. The molecule has 16 heavy (non-hydrogen) atoms. The van der Waals surface area contributed by atoms with Gasteiger partial charge in [0, 0.05) is 7.05 Å². The van der Waals surface area contributed by atoms with Gasteiger partial charge in [0.15, 0.2) is 11.6 Å². The summed E-state index contributed by atoms with van der Waals surface area (Å²) in [6, 6.07) is 4.95. The van der Waals surface area contributed by atoms with Crippen molar-refractivity contribution < 1.29 is 9.50 Å². The van der Waals surface area contributed by atoms with Crippen LogP contribution >= 0.6 is 15.9 Å². The van der Waals surface area contributed by atoms with E-state index in [1.54, 1.807) is 29.8 Å². The molecule has 1 aromatic carbocycles. The molecule has 4 nitrogen and oxygen atoms in total. The van der Waals surface area contributed by atoms with E-state index in [-0.39, 0.29) is 12.4 Å². The minimum Gasteiger partial charge on any atom is -0.388 e. The standard InChI is InChI=1S/C10H9BrFN3O/c1-15-8(5-16)13-14-10(15)6-3-2-4-7(11)9(6)12/h2-4,16H,5H2,1H3. The van der Waals surface area contributed by atoms with E-state index >= 15 is 0 Å². The third-order valence-electron chi connectivity index (χ3n) is 2.30. The fourth-order valence-electron chi connectivity index (χ4n) is 1.41. The van der Waals surface area contributed by atoms with Crippen LogP contribution in [-0.2, 0) is 13.7 Å². The molecule has 84 valence electrons. The minimum atomic E-state index is -0.387. The van der Waals surface area contributed by atoms with Gasteiger partial charge in [0.25, 0.3) is 0 Å². The quantitative estimate of drug-likeness (QED) is 0.917. The molecule has 0 atom stereocenters. The first-order valence-corrected chi connectivity index (χ1v) is 5.38. The molecule has 2 aromatic rings. The Morgan fingerprint density at radius 1 is 1.44 bits per heavy atom.